The van der Waals surface area contributed by atoms with Crippen LogP contribution >= 0.6 is 11.6 Å². The van der Waals surface area contributed by atoms with Crippen LogP contribution in [0.25, 0.3) is 0 Å². The third-order valence-corrected chi connectivity index (χ3v) is 5.41. The number of halogens is 1. The Labute approximate surface area is 176 Å². The van der Waals surface area contributed by atoms with Gasteiger partial charge in [-0.25, -0.2) is 0 Å². The summed E-state index contributed by atoms with van der Waals surface area (Å²) >= 11 is 6.10. The number of carbonyl (C=O) groups is 2. The van der Waals surface area contributed by atoms with Crippen molar-refractivity contribution in [3.05, 3.63) is 58.6 Å². The Morgan fingerprint density at radius 3 is 2.55 bits per heavy atom. The van der Waals surface area contributed by atoms with E-state index in [0.29, 0.717) is 28.6 Å². The van der Waals surface area contributed by atoms with E-state index in [1.54, 1.807) is 25.3 Å². The van der Waals surface area contributed by atoms with E-state index < -0.39 is 0 Å². The summed E-state index contributed by atoms with van der Waals surface area (Å²) in [5.74, 6) is 0.448. The number of methoxy groups -OCH3 is 1. The molecule has 29 heavy (non-hydrogen) atoms. The molecule has 0 saturated carbocycles. The summed E-state index contributed by atoms with van der Waals surface area (Å²) in [6.45, 7) is 3.76. The maximum atomic E-state index is 12.5. The van der Waals surface area contributed by atoms with Gasteiger partial charge >= 0.3 is 0 Å². The SMILES string of the molecule is COc1ccc(NC(=O)CN2CCC(NC(=O)c3ccccc3C)CC2)cc1Cl. The fraction of sp³-hybridized carbons (Fsp3) is 0.364. The third kappa shape index (κ3) is 5.71. The molecule has 0 spiro atoms. The van der Waals surface area contributed by atoms with Gasteiger partial charge < -0.3 is 15.4 Å². The van der Waals surface area contributed by atoms with Crippen LogP contribution in [0.3, 0.4) is 0 Å². The summed E-state index contributed by atoms with van der Waals surface area (Å²) in [5.41, 5.74) is 2.33. The second-order valence-corrected chi connectivity index (χ2v) is 7.64. The summed E-state index contributed by atoms with van der Waals surface area (Å²) in [5, 5.41) is 6.43. The first kappa shape index (κ1) is 21.1. The van der Waals surface area contributed by atoms with E-state index >= 15 is 0 Å². The van der Waals surface area contributed by atoms with Crippen LogP contribution in [0.15, 0.2) is 42.5 Å². The molecule has 3 rings (SSSR count). The van der Waals surface area contributed by atoms with Crippen molar-refractivity contribution >= 4 is 29.1 Å². The van der Waals surface area contributed by atoms with Gasteiger partial charge in [-0.05, 0) is 49.6 Å². The highest BCUT2D eigenvalue weighted by atomic mass is 35.5. The number of aryl methyl sites for hydroxylation is 1. The van der Waals surface area contributed by atoms with Crippen molar-refractivity contribution in [3.8, 4) is 5.75 Å². The molecule has 6 nitrogen and oxygen atoms in total. The van der Waals surface area contributed by atoms with Crippen LogP contribution in [-0.4, -0.2) is 49.5 Å². The fourth-order valence-electron chi connectivity index (χ4n) is 3.47. The van der Waals surface area contributed by atoms with Gasteiger partial charge in [-0.2, -0.15) is 0 Å². The van der Waals surface area contributed by atoms with Crippen LogP contribution in [0.4, 0.5) is 5.69 Å². The van der Waals surface area contributed by atoms with Crippen molar-refractivity contribution in [1.82, 2.24) is 10.2 Å². The second kappa shape index (κ2) is 9.76. The molecule has 1 saturated heterocycles. The zero-order valence-electron chi connectivity index (χ0n) is 16.7. The van der Waals surface area contributed by atoms with Crippen LogP contribution in [0.5, 0.6) is 5.75 Å². The first-order chi connectivity index (χ1) is 14.0. The van der Waals surface area contributed by atoms with Gasteiger partial charge in [0.15, 0.2) is 0 Å². The first-order valence-corrected chi connectivity index (χ1v) is 10.1. The quantitative estimate of drug-likeness (QED) is 0.757. The van der Waals surface area contributed by atoms with E-state index in [0.717, 1.165) is 31.5 Å². The number of likely N-dealkylation sites (tertiary alicyclic amines) is 1. The van der Waals surface area contributed by atoms with Crippen molar-refractivity contribution in [2.75, 3.05) is 32.1 Å². The zero-order valence-corrected chi connectivity index (χ0v) is 17.5. The lowest BCUT2D eigenvalue weighted by Crippen LogP contribution is -2.46. The number of piperidine rings is 1. The van der Waals surface area contributed by atoms with Crippen LogP contribution < -0.4 is 15.4 Å². The number of benzene rings is 2. The molecule has 0 aromatic heterocycles. The number of hydrogen-bond acceptors (Lipinski definition) is 4. The first-order valence-electron chi connectivity index (χ1n) is 9.68. The maximum absolute atomic E-state index is 12.5. The fourth-order valence-corrected chi connectivity index (χ4v) is 3.73. The largest absolute Gasteiger partial charge is 0.495 e. The Kier molecular flexibility index (Phi) is 7.12. The minimum Gasteiger partial charge on any atom is -0.495 e. The van der Waals surface area contributed by atoms with Crippen LogP contribution in [0.2, 0.25) is 5.02 Å². The van der Waals surface area contributed by atoms with Crippen molar-refractivity contribution in [2.45, 2.75) is 25.8 Å². The van der Waals surface area contributed by atoms with Crippen LogP contribution in [-0.2, 0) is 4.79 Å². The predicted octanol–water partition coefficient (Wildman–Crippen LogP) is 3.49. The maximum Gasteiger partial charge on any atom is 0.251 e. The van der Waals surface area contributed by atoms with Crippen LogP contribution in [0, 0.1) is 6.92 Å². The Morgan fingerprint density at radius 1 is 1.17 bits per heavy atom. The Hall–Kier alpha value is -2.57. The summed E-state index contributed by atoms with van der Waals surface area (Å²) in [6.07, 6.45) is 1.64. The van der Waals surface area contributed by atoms with Gasteiger partial charge in [0.25, 0.3) is 5.91 Å². The van der Waals surface area contributed by atoms with Crippen LogP contribution in [0.1, 0.15) is 28.8 Å². The molecule has 0 radical (unpaired) electrons. The Bertz CT molecular complexity index is 879. The number of rotatable bonds is 6. The van der Waals surface area contributed by atoms with E-state index in [-0.39, 0.29) is 17.9 Å². The average Bonchev–Trinajstić information content (AvgIpc) is 2.70. The lowest BCUT2D eigenvalue weighted by molar-refractivity contribution is -0.117. The van der Waals surface area contributed by atoms with Crippen molar-refractivity contribution in [1.29, 1.82) is 0 Å². The van der Waals surface area contributed by atoms with Gasteiger partial charge in [-0.15, -0.1) is 0 Å². The van der Waals surface area contributed by atoms with Gasteiger partial charge in [-0.3, -0.25) is 14.5 Å². The zero-order chi connectivity index (χ0) is 20.8. The van der Waals surface area contributed by atoms with Gasteiger partial charge in [0.1, 0.15) is 5.75 Å². The molecule has 0 bridgehead atoms. The van der Waals surface area contributed by atoms with E-state index in [9.17, 15) is 9.59 Å². The molecule has 2 aromatic carbocycles. The highest BCUT2D eigenvalue weighted by Crippen LogP contribution is 2.27. The van der Waals surface area contributed by atoms with E-state index in [2.05, 4.69) is 15.5 Å². The lowest BCUT2D eigenvalue weighted by Gasteiger charge is -2.32. The number of hydrogen-bond donors (Lipinski definition) is 2. The van der Waals surface area contributed by atoms with E-state index in [4.69, 9.17) is 16.3 Å². The third-order valence-electron chi connectivity index (χ3n) is 5.12. The molecule has 1 fully saturated rings. The molecule has 1 aliphatic rings. The lowest BCUT2D eigenvalue weighted by atomic mass is 10.0. The summed E-state index contributed by atoms with van der Waals surface area (Å²) in [7, 11) is 1.55. The number of ether oxygens (including phenoxy) is 1. The van der Waals surface area contributed by atoms with Gasteiger partial charge in [0.05, 0.1) is 18.7 Å². The van der Waals surface area contributed by atoms with Gasteiger partial charge in [0.2, 0.25) is 5.91 Å². The minimum atomic E-state index is -0.0892. The normalized spacial score (nSPS) is 15.0. The van der Waals surface area contributed by atoms with Gasteiger partial charge in [0, 0.05) is 30.4 Å². The molecular formula is C22H26ClN3O3. The molecule has 2 N–H and O–H groups in total. The van der Waals surface area contributed by atoms with E-state index in [1.165, 1.54) is 0 Å². The van der Waals surface area contributed by atoms with Crippen molar-refractivity contribution < 1.29 is 14.3 Å². The monoisotopic (exact) mass is 415 g/mol. The molecule has 0 aliphatic carbocycles. The molecule has 1 heterocycles. The molecular weight excluding hydrogens is 390 g/mol. The molecule has 0 atom stereocenters. The van der Waals surface area contributed by atoms with Gasteiger partial charge in [-0.1, -0.05) is 29.8 Å². The highest BCUT2D eigenvalue weighted by Gasteiger charge is 2.23. The minimum absolute atomic E-state index is 0.0318. The summed E-state index contributed by atoms with van der Waals surface area (Å²) in [6, 6.07) is 12.9. The molecule has 1 aliphatic heterocycles. The summed E-state index contributed by atoms with van der Waals surface area (Å²) in [4.78, 5) is 26.9. The smallest absolute Gasteiger partial charge is 0.251 e. The topological polar surface area (TPSA) is 70.7 Å². The predicted molar refractivity (Wildman–Crippen MR) is 115 cm³/mol. The summed E-state index contributed by atoms with van der Waals surface area (Å²) < 4.78 is 5.12. The highest BCUT2D eigenvalue weighted by molar-refractivity contribution is 6.32. The van der Waals surface area contributed by atoms with Crippen molar-refractivity contribution in [3.63, 3.8) is 0 Å². The van der Waals surface area contributed by atoms with E-state index in [1.807, 2.05) is 31.2 Å². The number of nitrogens with one attached hydrogen (secondary N) is 2. The standard InChI is InChI=1S/C22H26ClN3O3/c1-15-5-3-4-6-18(15)22(28)25-16-9-11-26(12-10-16)14-21(27)24-17-7-8-20(29-2)19(23)13-17/h3-8,13,16H,9-12,14H2,1-2H3,(H,24,27)(H,25,28). The Morgan fingerprint density at radius 2 is 1.90 bits per heavy atom. The Balaban J connectivity index is 1.44. The second-order valence-electron chi connectivity index (χ2n) is 7.24. The molecule has 7 heteroatoms. The average molecular weight is 416 g/mol. The molecule has 2 amide bonds. The number of nitrogens with zero attached hydrogens (tertiary/aromatic N) is 1. The number of amides is 2. The molecule has 0 unspecified atom stereocenters. The number of anilines is 1. The molecule has 154 valence electrons. The van der Waals surface area contributed by atoms with Crippen molar-refractivity contribution in [2.24, 2.45) is 0 Å². The number of carbonyl (C=O) groups excluding carboxylic acids is 2. The molecule has 2 aromatic rings.